The van der Waals surface area contributed by atoms with E-state index in [2.05, 4.69) is 10.1 Å². The Bertz CT molecular complexity index is 631. The van der Waals surface area contributed by atoms with Crippen LogP contribution in [0.15, 0.2) is 48.2 Å². The molecule has 0 aliphatic rings. The maximum Gasteiger partial charge on any atom is 0.210 e. The van der Waals surface area contributed by atoms with Gasteiger partial charge < -0.3 is 0 Å². The lowest BCUT2D eigenvalue weighted by Crippen LogP contribution is -1.91. The topological polar surface area (TPSA) is 30.7 Å². The van der Waals surface area contributed by atoms with Crippen LogP contribution < -0.4 is 0 Å². The van der Waals surface area contributed by atoms with E-state index in [4.69, 9.17) is 0 Å². The van der Waals surface area contributed by atoms with Crippen LogP contribution in [0.1, 0.15) is 0 Å². The highest BCUT2D eigenvalue weighted by molar-refractivity contribution is 7.12. The van der Waals surface area contributed by atoms with Gasteiger partial charge in [-0.25, -0.2) is 14.1 Å². The maximum atomic E-state index is 13.6. The van der Waals surface area contributed by atoms with Gasteiger partial charge >= 0.3 is 0 Å². The summed E-state index contributed by atoms with van der Waals surface area (Å²) in [5.74, 6) is -0.244. The average molecular weight is 245 g/mol. The average Bonchev–Trinajstić information content (AvgIpc) is 3.00. The minimum atomic E-state index is -0.244. The van der Waals surface area contributed by atoms with Crippen molar-refractivity contribution in [3.8, 4) is 16.3 Å². The summed E-state index contributed by atoms with van der Waals surface area (Å²) in [6.07, 6.45) is 5.13. The van der Waals surface area contributed by atoms with Crippen molar-refractivity contribution in [3.63, 3.8) is 0 Å². The minimum Gasteiger partial charge on any atom is -0.227 e. The number of rotatable bonds is 2. The summed E-state index contributed by atoms with van der Waals surface area (Å²) in [7, 11) is 0. The third-order valence-corrected chi connectivity index (χ3v) is 3.14. The molecule has 1 aromatic carbocycles. The molecule has 0 atom stereocenters. The van der Waals surface area contributed by atoms with E-state index >= 15 is 0 Å². The first kappa shape index (κ1) is 10.2. The smallest absolute Gasteiger partial charge is 0.210 e. The molecule has 0 N–H and O–H groups in total. The third-order valence-electron chi connectivity index (χ3n) is 2.38. The zero-order valence-electron chi connectivity index (χ0n) is 8.75. The van der Waals surface area contributed by atoms with Gasteiger partial charge in [0.1, 0.15) is 5.82 Å². The van der Waals surface area contributed by atoms with Crippen molar-refractivity contribution in [2.45, 2.75) is 0 Å². The van der Waals surface area contributed by atoms with Gasteiger partial charge in [-0.2, -0.15) is 5.10 Å². The molecule has 17 heavy (non-hydrogen) atoms. The fraction of sp³-hybridized carbons (Fsp3) is 0. The molecule has 2 heterocycles. The highest BCUT2D eigenvalue weighted by Gasteiger charge is 2.08. The van der Waals surface area contributed by atoms with Crippen molar-refractivity contribution in [1.82, 2.24) is 14.8 Å². The van der Waals surface area contributed by atoms with Gasteiger partial charge in [0.15, 0.2) is 0 Å². The summed E-state index contributed by atoms with van der Waals surface area (Å²) in [5, 5.41) is 6.82. The lowest BCUT2D eigenvalue weighted by Gasteiger charge is -1.97. The van der Waals surface area contributed by atoms with E-state index in [0.29, 0.717) is 5.56 Å². The number of thiazole rings is 1. The molecule has 0 bridgehead atoms. The standard InChI is InChI=1S/C12H8FN3S/c13-11-4-2-1-3-10(11)9-7-15-16(8-9)12-14-5-6-17-12/h1-8H. The van der Waals surface area contributed by atoms with Crippen molar-refractivity contribution >= 4 is 11.3 Å². The monoisotopic (exact) mass is 245 g/mol. The minimum absolute atomic E-state index is 0.244. The van der Waals surface area contributed by atoms with E-state index in [0.717, 1.165) is 10.7 Å². The summed E-state index contributed by atoms with van der Waals surface area (Å²) in [5.41, 5.74) is 1.30. The van der Waals surface area contributed by atoms with Gasteiger partial charge in [0.05, 0.1) is 6.20 Å². The van der Waals surface area contributed by atoms with Crippen molar-refractivity contribution in [1.29, 1.82) is 0 Å². The molecular weight excluding hydrogens is 237 g/mol. The molecule has 0 aliphatic carbocycles. The van der Waals surface area contributed by atoms with Crippen LogP contribution in [0.25, 0.3) is 16.3 Å². The van der Waals surface area contributed by atoms with E-state index < -0.39 is 0 Å². The molecule has 3 nitrogen and oxygen atoms in total. The van der Waals surface area contributed by atoms with Crippen molar-refractivity contribution in [2.75, 3.05) is 0 Å². The fourth-order valence-corrected chi connectivity index (χ4v) is 2.16. The molecule has 0 spiro atoms. The van der Waals surface area contributed by atoms with E-state index in [-0.39, 0.29) is 5.82 Å². The number of benzene rings is 1. The molecule has 3 aromatic rings. The van der Waals surface area contributed by atoms with Crippen LogP contribution >= 0.6 is 11.3 Å². The SMILES string of the molecule is Fc1ccccc1-c1cnn(-c2nccs2)c1. The second-order valence-electron chi connectivity index (χ2n) is 3.47. The summed E-state index contributed by atoms with van der Waals surface area (Å²) in [6, 6.07) is 6.65. The Morgan fingerprint density at radius 3 is 2.88 bits per heavy atom. The van der Waals surface area contributed by atoms with Gasteiger partial charge in [-0.3, -0.25) is 0 Å². The highest BCUT2D eigenvalue weighted by Crippen LogP contribution is 2.23. The Labute approximate surface area is 101 Å². The van der Waals surface area contributed by atoms with Gasteiger partial charge in [0.25, 0.3) is 0 Å². The molecule has 0 aliphatic heterocycles. The van der Waals surface area contributed by atoms with E-state index in [1.54, 1.807) is 41.5 Å². The Morgan fingerprint density at radius 1 is 1.24 bits per heavy atom. The molecule has 3 rings (SSSR count). The number of nitrogens with zero attached hydrogens (tertiary/aromatic N) is 3. The zero-order valence-corrected chi connectivity index (χ0v) is 9.56. The maximum absolute atomic E-state index is 13.6. The van der Waals surface area contributed by atoms with E-state index in [9.17, 15) is 4.39 Å². The summed E-state index contributed by atoms with van der Waals surface area (Å²) >= 11 is 1.48. The molecule has 5 heteroatoms. The molecule has 0 radical (unpaired) electrons. The first-order valence-electron chi connectivity index (χ1n) is 5.04. The van der Waals surface area contributed by atoms with Crippen LogP contribution in [0.2, 0.25) is 0 Å². The van der Waals surface area contributed by atoms with Gasteiger partial charge in [0.2, 0.25) is 5.13 Å². The molecule has 0 saturated carbocycles. The number of halogens is 1. The summed E-state index contributed by atoms with van der Waals surface area (Å²) in [4.78, 5) is 4.14. The van der Waals surface area contributed by atoms with Crippen LogP contribution in [0.4, 0.5) is 4.39 Å². The van der Waals surface area contributed by atoms with Crippen LogP contribution in [0.3, 0.4) is 0 Å². The van der Waals surface area contributed by atoms with Crippen LogP contribution in [0.5, 0.6) is 0 Å². The van der Waals surface area contributed by atoms with Gasteiger partial charge in [-0.15, -0.1) is 11.3 Å². The lowest BCUT2D eigenvalue weighted by atomic mass is 10.1. The van der Waals surface area contributed by atoms with Gasteiger partial charge in [-0.05, 0) is 6.07 Å². The zero-order chi connectivity index (χ0) is 11.7. The Hall–Kier alpha value is -2.01. The molecule has 0 amide bonds. The molecule has 2 aromatic heterocycles. The number of hydrogen-bond acceptors (Lipinski definition) is 3. The lowest BCUT2D eigenvalue weighted by molar-refractivity contribution is 0.631. The second-order valence-corrected chi connectivity index (χ2v) is 4.34. The molecule has 0 fully saturated rings. The Morgan fingerprint density at radius 2 is 2.12 bits per heavy atom. The molecule has 0 saturated heterocycles. The highest BCUT2D eigenvalue weighted by atomic mass is 32.1. The van der Waals surface area contributed by atoms with Crippen molar-refractivity contribution < 1.29 is 4.39 Å². The fourth-order valence-electron chi connectivity index (χ4n) is 1.59. The predicted octanol–water partition coefficient (Wildman–Crippen LogP) is 3.13. The van der Waals surface area contributed by atoms with Crippen molar-refractivity contribution in [2.24, 2.45) is 0 Å². The Kier molecular flexibility index (Phi) is 2.45. The molecular formula is C12H8FN3S. The second kappa shape index (κ2) is 4.10. The molecule has 84 valence electrons. The Balaban J connectivity index is 2.04. The van der Waals surface area contributed by atoms with Crippen molar-refractivity contribution in [3.05, 3.63) is 54.1 Å². The normalized spacial score (nSPS) is 10.6. The van der Waals surface area contributed by atoms with Gasteiger partial charge in [-0.1, -0.05) is 18.2 Å². The largest absolute Gasteiger partial charge is 0.227 e. The number of aromatic nitrogens is 3. The first-order valence-corrected chi connectivity index (χ1v) is 5.92. The summed E-state index contributed by atoms with van der Waals surface area (Å²) in [6.45, 7) is 0. The predicted molar refractivity (Wildman–Crippen MR) is 64.6 cm³/mol. The molecule has 0 unspecified atom stereocenters. The van der Waals surface area contributed by atoms with E-state index in [1.807, 2.05) is 5.38 Å². The summed E-state index contributed by atoms with van der Waals surface area (Å²) < 4.78 is 15.2. The van der Waals surface area contributed by atoms with Gasteiger partial charge in [0, 0.05) is 28.9 Å². The van der Waals surface area contributed by atoms with E-state index in [1.165, 1.54) is 17.4 Å². The first-order chi connectivity index (χ1) is 8.34. The number of hydrogen-bond donors (Lipinski definition) is 0. The van der Waals surface area contributed by atoms with Crippen LogP contribution in [-0.4, -0.2) is 14.8 Å². The van der Waals surface area contributed by atoms with Crippen LogP contribution in [-0.2, 0) is 0 Å². The quantitative estimate of drug-likeness (QED) is 0.694. The van der Waals surface area contributed by atoms with Crippen LogP contribution in [0, 0.1) is 5.82 Å². The third kappa shape index (κ3) is 1.85.